The molecule has 0 aliphatic rings. The average molecular weight is 359 g/mol. The van der Waals surface area contributed by atoms with Crippen molar-refractivity contribution in [1.29, 1.82) is 0 Å². The Labute approximate surface area is 158 Å². The zero-order valence-electron chi connectivity index (χ0n) is 15.5. The number of ketones is 1. The number of hydrogen-bond donors (Lipinski definition) is 2. The fraction of sp³-hybridized carbons (Fsp3) is 0.136. The largest absolute Gasteiger partial charge is 0.355 e. The van der Waals surface area contributed by atoms with E-state index < -0.39 is 0 Å². The van der Waals surface area contributed by atoms with E-state index in [9.17, 15) is 9.59 Å². The minimum Gasteiger partial charge on any atom is -0.355 e. The van der Waals surface area contributed by atoms with E-state index in [-0.39, 0.29) is 11.7 Å². The summed E-state index contributed by atoms with van der Waals surface area (Å²) >= 11 is 0. The van der Waals surface area contributed by atoms with Crippen LogP contribution in [0.1, 0.15) is 38.9 Å². The molecule has 0 fully saturated rings. The lowest BCUT2D eigenvalue weighted by molar-refractivity contribution is 0.100. The van der Waals surface area contributed by atoms with E-state index in [4.69, 9.17) is 0 Å². The highest BCUT2D eigenvalue weighted by Crippen LogP contribution is 2.23. The number of amides is 1. The number of pyridine rings is 1. The molecule has 0 aliphatic carbocycles. The van der Waals surface area contributed by atoms with Gasteiger partial charge in [0.15, 0.2) is 5.78 Å². The number of aryl methyl sites for hydroxylation is 1. The van der Waals surface area contributed by atoms with Crippen LogP contribution in [0.5, 0.6) is 0 Å². The van der Waals surface area contributed by atoms with Gasteiger partial charge < -0.3 is 10.6 Å². The second-order valence-corrected chi connectivity index (χ2v) is 6.39. The van der Waals surface area contributed by atoms with Gasteiger partial charge >= 0.3 is 0 Å². The SMILES string of the molecule is CC(=O)c1cccc(NC(=O)c2cc(Nc3cccc(C)c3C)ccn2)c1. The zero-order valence-corrected chi connectivity index (χ0v) is 15.5. The molecule has 1 heterocycles. The molecule has 2 N–H and O–H groups in total. The molecule has 0 radical (unpaired) electrons. The summed E-state index contributed by atoms with van der Waals surface area (Å²) in [5, 5.41) is 6.12. The number of anilines is 3. The highest BCUT2D eigenvalue weighted by molar-refractivity contribution is 6.04. The van der Waals surface area contributed by atoms with Crippen LogP contribution in [0.4, 0.5) is 17.1 Å². The fourth-order valence-electron chi connectivity index (χ4n) is 2.69. The van der Waals surface area contributed by atoms with Gasteiger partial charge in [0, 0.05) is 28.8 Å². The number of nitrogens with zero attached hydrogens (tertiary/aromatic N) is 1. The molecule has 5 nitrogen and oxygen atoms in total. The van der Waals surface area contributed by atoms with E-state index in [1.165, 1.54) is 12.5 Å². The third-order valence-corrected chi connectivity index (χ3v) is 4.40. The predicted octanol–water partition coefficient (Wildman–Crippen LogP) is 4.90. The van der Waals surface area contributed by atoms with E-state index in [1.54, 1.807) is 36.5 Å². The summed E-state index contributed by atoms with van der Waals surface area (Å²) in [7, 11) is 0. The second kappa shape index (κ2) is 7.83. The van der Waals surface area contributed by atoms with Gasteiger partial charge in [0.05, 0.1) is 0 Å². The Hall–Kier alpha value is -3.47. The van der Waals surface area contributed by atoms with E-state index >= 15 is 0 Å². The van der Waals surface area contributed by atoms with Gasteiger partial charge in [-0.1, -0.05) is 24.3 Å². The number of nitrogens with one attached hydrogen (secondary N) is 2. The van der Waals surface area contributed by atoms with Gasteiger partial charge in [0.2, 0.25) is 0 Å². The standard InChI is InChI=1S/C22H21N3O2/c1-14-6-4-9-20(15(14)2)24-19-10-11-23-21(13-19)22(27)25-18-8-5-7-17(12-18)16(3)26/h4-13H,1-3H3,(H,23,24)(H,25,27). The summed E-state index contributed by atoms with van der Waals surface area (Å²) < 4.78 is 0. The maximum absolute atomic E-state index is 12.5. The Bertz CT molecular complexity index is 1010. The number of hydrogen-bond acceptors (Lipinski definition) is 4. The highest BCUT2D eigenvalue weighted by atomic mass is 16.2. The summed E-state index contributed by atoms with van der Waals surface area (Å²) in [6, 6.07) is 16.4. The second-order valence-electron chi connectivity index (χ2n) is 6.39. The molecular formula is C22H21N3O2. The molecule has 0 aliphatic heterocycles. The first kappa shape index (κ1) is 18.3. The van der Waals surface area contributed by atoms with Crippen molar-refractivity contribution in [3.63, 3.8) is 0 Å². The molecule has 3 rings (SSSR count). The molecule has 5 heteroatoms. The minimum atomic E-state index is -0.333. The maximum atomic E-state index is 12.5. The summed E-state index contributed by atoms with van der Waals surface area (Å²) in [5.74, 6) is -0.385. The van der Waals surface area contributed by atoms with Gasteiger partial charge in [-0.3, -0.25) is 14.6 Å². The summed E-state index contributed by atoms with van der Waals surface area (Å²) in [5.41, 5.74) is 5.51. The van der Waals surface area contributed by atoms with Gasteiger partial charge in [-0.25, -0.2) is 0 Å². The highest BCUT2D eigenvalue weighted by Gasteiger charge is 2.10. The molecule has 0 saturated carbocycles. The van der Waals surface area contributed by atoms with Gasteiger partial charge in [-0.05, 0) is 62.2 Å². The number of rotatable bonds is 5. The molecule has 136 valence electrons. The Kier molecular flexibility index (Phi) is 5.31. The van der Waals surface area contributed by atoms with Gasteiger partial charge in [0.25, 0.3) is 5.91 Å². The molecular weight excluding hydrogens is 338 g/mol. The summed E-state index contributed by atoms with van der Waals surface area (Å²) in [4.78, 5) is 28.2. The lowest BCUT2D eigenvalue weighted by atomic mass is 10.1. The smallest absolute Gasteiger partial charge is 0.274 e. The van der Waals surface area contributed by atoms with Crippen molar-refractivity contribution in [3.05, 3.63) is 83.2 Å². The quantitative estimate of drug-likeness (QED) is 0.636. The van der Waals surface area contributed by atoms with Crippen molar-refractivity contribution in [2.75, 3.05) is 10.6 Å². The number of benzene rings is 2. The first-order valence-corrected chi connectivity index (χ1v) is 8.65. The van der Waals surface area contributed by atoms with Crippen molar-refractivity contribution in [1.82, 2.24) is 4.98 Å². The van der Waals surface area contributed by atoms with Crippen molar-refractivity contribution in [3.8, 4) is 0 Å². The first-order valence-electron chi connectivity index (χ1n) is 8.65. The van der Waals surface area contributed by atoms with Crippen LogP contribution in [0.3, 0.4) is 0 Å². The average Bonchev–Trinajstić information content (AvgIpc) is 2.66. The molecule has 0 spiro atoms. The van der Waals surface area contributed by atoms with Crippen LogP contribution < -0.4 is 10.6 Å². The predicted molar refractivity (Wildman–Crippen MR) is 108 cm³/mol. The van der Waals surface area contributed by atoms with Crippen LogP contribution in [0.2, 0.25) is 0 Å². The van der Waals surface area contributed by atoms with Gasteiger partial charge in [0.1, 0.15) is 5.69 Å². The van der Waals surface area contributed by atoms with Crippen LogP contribution in [0, 0.1) is 13.8 Å². The zero-order chi connectivity index (χ0) is 19.4. The van der Waals surface area contributed by atoms with Crippen molar-refractivity contribution < 1.29 is 9.59 Å². The number of aromatic nitrogens is 1. The topological polar surface area (TPSA) is 71.1 Å². The lowest BCUT2D eigenvalue weighted by Gasteiger charge is -2.12. The van der Waals surface area contributed by atoms with Crippen molar-refractivity contribution >= 4 is 28.8 Å². The van der Waals surface area contributed by atoms with E-state index in [0.29, 0.717) is 16.9 Å². The van der Waals surface area contributed by atoms with Crippen molar-refractivity contribution in [2.24, 2.45) is 0 Å². The molecule has 0 saturated heterocycles. The molecule has 27 heavy (non-hydrogen) atoms. The maximum Gasteiger partial charge on any atom is 0.274 e. The third kappa shape index (κ3) is 4.39. The third-order valence-electron chi connectivity index (χ3n) is 4.40. The lowest BCUT2D eigenvalue weighted by Crippen LogP contribution is -2.14. The molecule has 2 aromatic carbocycles. The normalized spacial score (nSPS) is 10.3. The molecule has 1 aromatic heterocycles. The van der Waals surface area contributed by atoms with Crippen molar-refractivity contribution in [2.45, 2.75) is 20.8 Å². The van der Waals surface area contributed by atoms with Crippen LogP contribution in [0.15, 0.2) is 60.8 Å². The molecule has 3 aromatic rings. The Morgan fingerprint density at radius 2 is 1.70 bits per heavy atom. The van der Waals surface area contributed by atoms with E-state index in [0.717, 1.165) is 16.9 Å². The van der Waals surface area contributed by atoms with Crippen LogP contribution in [0.25, 0.3) is 0 Å². The Morgan fingerprint density at radius 3 is 2.48 bits per heavy atom. The van der Waals surface area contributed by atoms with E-state index in [2.05, 4.69) is 35.5 Å². The molecule has 0 bridgehead atoms. The number of carbonyl (C=O) groups is 2. The van der Waals surface area contributed by atoms with E-state index in [1.807, 2.05) is 18.2 Å². The first-order chi connectivity index (χ1) is 12.9. The van der Waals surface area contributed by atoms with Gasteiger partial charge in [-0.15, -0.1) is 0 Å². The van der Waals surface area contributed by atoms with Crippen LogP contribution in [-0.2, 0) is 0 Å². The molecule has 0 atom stereocenters. The van der Waals surface area contributed by atoms with Gasteiger partial charge in [-0.2, -0.15) is 0 Å². The Morgan fingerprint density at radius 1 is 0.926 bits per heavy atom. The number of carbonyl (C=O) groups excluding carboxylic acids is 2. The Balaban J connectivity index is 1.78. The molecule has 0 unspecified atom stereocenters. The number of Topliss-reactive ketones (excluding diaryl/α,β-unsaturated/α-hetero) is 1. The summed E-state index contributed by atoms with van der Waals surface area (Å²) in [6.45, 7) is 5.60. The summed E-state index contributed by atoms with van der Waals surface area (Å²) in [6.07, 6.45) is 1.59. The van der Waals surface area contributed by atoms with Crippen LogP contribution >= 0.6 is 0 Å². The minimum absolute atomic E-state index is 0.0519. The monoisotopic (exact) mass is 359 g/mol. The fourth-order valence-corrected chi connectivity index (χ4v) is 2.69. The molecule has 1 amide bonds. The van der Waals surface area contributed by atoms with Crippen LogP contribution in [-0.4, -0.2) is 16.7 Å².